The molecule has 0 bridgehead atoms. The molecule has 0 aliphatic rings. The van der Waals surface area contributed by atoms with Gasteiger partial charge in [0.25, 0.3) is 0 Å². The summed E-state index contributed by atoms with van der Waals surface area (Å²) in [6.07, 6.45) is 9.38. The molecule has 0 spiro atoms. The van der Waals surface area contributed by atoms with Crippen LogP contribution in [0.15, 0.2) is 187 Å². The molecule has 0 radical (unpaired) electrons. The van der Waals surface area contributed by atoms with Gasteiger partial charge >= 0.3 is 20.1 Å². The van der Waals surface area contributed by atoms with E-state index in [0.717, 1.165) is 109 Å². The standard InChI is InChI=1S/C65H50N3O.Ir/c1-42-31-32-66-62(33-42)52-24-20-47(21-25-52)15-17-49-35-48(16-14-46-18-22-51(23-19-46)61-30-13-43(2)40-67-61)36-54(37-49)56-10-6-5-9-55(56)50-26-28-53(29-27-50)63-38-58(45(4)41-68-63)59-39-65-60(34-44(59)3)57-11-7-8-12-64(57)69-65;/h5-13,18-22,24,26-28,30-41H,14-17H2,1-4H3;/q-3;+3. The van der Waals surface area contributed by atoms with E-state index < -0.39 is 0 Å². The Morgan fingerprint density at radius 3 is 1.67 bits per heavy atom. The molecule has 0 saturated carbocycles. The van der Waals surface area contributed by atoms with Gasteiger partial charge in [-0.05, 0) is 132 Å². The van der Waals surface area contributed by atoms with Gasteiger partial charge in [0.05, 0.1) is 0 Å². The maximum atomic E-state index is 6.31. The van der Waals surface area contributed by atoms with Gasteiger partial charge in [0.1, 0.15) is 11.2 Å². The Morgan fingerprint density at radius 1 is 0.400 bits per heavy atom. The second-order valence-corrected chi connectivity index (χ2v) is 18.4. The number of aromatic nitrogens is 3. The Kier molecular flexibility index (Phi) is 13.3. The number of rotatable bonds is 12. The van der Waals surface area contributed by atoms with Gasteiger partial charge in [0.15, 0.2) is 0 Å². The molecule has 0 amide bonds. The first-order chi connectivity index (χ1) is 33.8. The van der Waals surface area contributed by atoms with Crippen LogP contribution in [0.25, 0.3) is 89.1 Å². The van der Waals surface area contributed by atoms with Crippen LogP contribution in [0.2, 0.25) is 0 Å². The molecule has 4 nitrogen and oxygen atoms in total. The molecular formula is C65H50IrN3O. The van der Waals surface area contributed by atoms with Crippen molar-refractivity contribution in [3.8, 4) is 67.2 Å². The van der Waals surface area contributed by atoms with E-state index in [1.807, 2.05) is 36.8 Å². The summed E-state index contributed by atoms with van der Waals surface area (Å²) in [5.74, 6) is 0. The minimum Gasteiger partial charge on any atom is -0.456 e. The van der Waals surface area contributed by atoms with Crippen molar-refractivity contribution in [3.05, 3.63) is 245 Å². The van der Waals surface area contributed by atoms with E-state index in [1.54, 1.807) is 0 Å². The molecule has 7 aromatic carbocycles. The van der Waals surface area contributed by atoms with Gasteiger partial charge in [0.2, 0.25) is 0 Å². The number of para-hydroxylation sites is 1. The van der Waals surface area contributed by atoms with Crippen molar-refractivity contribution < 1.29 is 24.5 Å². The second kappa shape index (κ2) is 20.2. The summed E-state index contributed by atoms with van der Waals surface area (Å²) < 4.78 is 6.31. The van der Waals surface area contributed by atoms with Crippen LogP contribution >= 0.6 is 0 Å². The largest absolute Gasteiger partial charge is 3.00 e. The summed E-state index contributed by atoms with van der Waals surface area (Å²) in [6.45, 7) is 8.46. The van der Waals surface area contributed by atoms with E-state index in [4.69, 9.17) is 9.40 Å². The van der Waals surface area contributed by atoms with Crippen molar-refractivity contribution in [1.82, 2.24) is 15.0 Å². The van der Waals surface area contributed by atoms with E-state index in [2.05, 4.69) is 201 Å². The van der Waals surface area contributed by atoms with Crippen molar-refractivity contribution in [2.24, 2.45) is 0 Å². The van der Waals surface area contributed by atoms with Crippen LogP contribution in [0.3, 0.4) is 0 Å². The van der Waals surface area contributed by atoms with Gasteiger partial charge in [-0.1, -0.05) is 114 Å². The summed E-state index contributed by atoms with van der Waals surface area (Å²) in [7, 11) is 0. The molecule has 11 aromatic rings. The van der Waals surface area contributed by atoms with Crippen LogP contribution in [0.1, 0.15) is 44.5 Å². The van der Waals surface area contributed by atoms with Gasteiger partial charge in [0, 0.05) is 29.4 Å². The summed E-state index contributed by atoms with van der Waals surface area (Å²) in [5.41, 5.74) is 24.3. The Bertz CT molecular complexity index is 3630. The number of furan rings is 1. The number of pyridine rings is 3. The zero-order valence-corrected chi connectivity index (χ0v) is 42.1. The summed E-state index contributed by atoms with van der Waals surface area (Å²) in [5, 5.41) is 2.28. The second-order valence-electron chi connectivity index (χ2n) is 18.4. The van der Waals surface area contributed by atoms with E-state index in [1.165, 1.54) is 50.1 Å². The SMILES string of the molecule is Cc1ccc(-c2[c-]cc(CCc3cc(CCc4c[c-]c(-c5cc(C)ccn5)cc4)cc(-c4ccccc4-c4c[c-]c(-c5cc(-c6cc7oc8ccccc8c7cc6C)c(C)cn5)cc4)c3)cc2)nc1.[Ir+3]. The van der Waals surface area contributed by atoms with Crippen LogP contribution in [0.4, 0.5) is 0 Å². The van der Waals surface area contributed by atoms with Crippen LogP contribution < -0.4 is 0 Å². The number of hydrogen-bond acceptors (Lipinski definition) is 4. The van der Waals surface area contributed by atoms with Crippen molar-refractivity contribution >= 4 is 21.9 Å². The first-order valence-electron chi connectivity index (χ1n) is 23.8. The molecule has 70 heavy (non-hydrogen) atoms. The van der Waals surface area contributed by atoms with Gasteiger partial charge in [-0.3, -0.25) is 0 Å². The zero-order chi connectivity index (χ0) is 46.8. The van der Waals surface area contributed by atoms with Crippen LogP contribution in [0.5, 0.6) is 0 Å². The Hall–Kier alpha value is -7.56. The number of fused-ring (bicyclic) bond motifs is 3. The predicted octanol–water partition coefficient (Wildman–Crippen LogP) is 16.0. The normalized spacial score (nSPS) is 11.3. The maximum absolute atomic E-state index is 6.31. The van der Waals surface area contributed by atoms with Gasteiger partial charge in [-0.2, -0.15) is 0 Å². The number of nitrogens with zero attached hydrogens (tertiary/aromatic N) is 3. The zero-order valence-electron chi connectivity index (χ0n) is 39.7. The summed E-state index contributed by atoms with van der Waals surface area (Å²) >= 11 is 0. The van der Waals surface area contributed by atoms with E-state index in [-0.39, 0.29) is 20.1 Å². The fourth-order valence-corrected chi connectivity index (χ4v) is 9.51. The summed E-state index contributed by atoms with van der Waals surface area (Å²) in [6, 6.07) is 69.2. The first-order valence-corrected chi connectivity index (χ1v) is 23.8. The molecule has 0 aliphatic carbocycles. The molecule has 11 rings (SSSR count). The van der Waals surface area contributed by atoms with Crippen LogP contribution in [-0.4, -0.2) is 15.0 Å². The van der Waals surface area contributed by atoms with Crippen molar-refractivity contribution in [2.75, 3.05) is 0 Å². The fourth-order valence-electron chi connectivity index (χ4n) is 9.51. The Balaban J connectivity index is 0.00000567. The molecule has 0 N–H and O–H groups in total. The van der Waals surface area contributed by atoms with Crippen LogP contribution in [-0.2, 0) is 45.8 Å². The first kappa shape index (κ1) is 46.2. The third kappa shape index (κ3) is 9.82. The molecular weight excluding hydrogens is 1030 g/mol. The van der Waals surface area contributed by atoms with E-state index in [0.29, 0.717) is 0 Å². The molecule has 0 saturated heterocycles. The minimum absolute atomic E-state index is 0. The third-order valence-electron chi connectivity index (χ3n) is 13.3. The molecule has 0 atom stereocenters. The molecule has 4 aromatic heterocycles. The van der Waals surface area contributed by atoms with Gasteiger partial charge in [-0.25, -0.2) is 0 Å². The predicted molar refractivity (Wildman–Crippen MR) is 283 cm³/mol. The molecule has 4 heterocycles. The van der Waals surface area contributed by atoms with E-state index in [9.17, 15) is 0 Å². The Morgan fingerprint density at radius 2 is 1.01 bits per heavy atom. The van der Waals surface area contributed by atoms with Crippen molar-refractivity contribution in [3.63, 3.8) is 0 Å². The molecule has 340 valence electrons. The van der Waals surface area contributed by atoms with Crippen molar-refractivity contribution in [1.29, 1.82) is 0 Å². The average Bonchev–Trinajstić information content (AvgIpc) is 3.75. The molecule has 5 heteroatoms. The smallest absolute Gasteiger partial charge is 0.456 e. The number of benzene rings is 7. The number of hydrogen-bond donors (Lipinski definition) is 0. The maximum Gasteiger partial charge on any atom is 3.00 e. The number of aryl methyl sites for hydroxylation is 8. The Labute approximate surface area is 424 Å². The fraction of sp³-hybridized carbons (Fsp3) is 0.123. The van der Waals surface area contributed by atoms with Crippen LogP contribution in [0, 0.1) is 45.9 Å². The molecule has 0 unspecified atom stereocenters. The summed E-state index contributed by atoms with van der Waals surface area (Å²) in [4.78, 5) is 14.1. The topological polar surface area (TPSA) is 51.8 Å². The van der Waals surface area contributed by atoms with E-state index >= 15 is 0 Å². The van der Waals surface area contributed by atoms with Gasteiger partial charge in [-0.15, -0.1) is 101 Å². The average molecular weight is 1080 g/mol. The third-order valence-corrected chi connectivity index (χ3v) is 13.3. The quantitative estimate of drug-likeness (QED) is 0.114. The van der Waals surface area contributed by atoms with Crippen molar-refractivity contribution in [2.45, 2.75) is 53.4 Å². The molecule has 0 aliphatic heterocycles. The van der Waals surface area contributed by atoms with Gasteiger partial charge < -0.3 is 19.4 Å². The minimum atomic E-state index is 0. The molecule has 0 fully saturated rings. The monoisotopic (exact) mass is 1080 g/mol.